The molecule has 7 heteroatoms. The molecular formula is C19H24F2N2O3. The topological polar surface area (TPSA) is 69.6 Å². The number of carboxylic acid groups (broad SMARTS) is 1. The van der Waals surface area contributed by atoms with Crippen LogP contribution in [0.3, 0.4) is 0 Å². The second-order valence-corrected chi connectivity index (χ2v) is 7.21. The quantitative estimate of drug-likeness (QED) is 0.858. The summed E-state index contributed by atoms with van der Waals surface area (Å²) in [5, 5.41) is 12.5. The number of aliphatic carboxylic acids is 1. The van der Waals surface area contributed by atoms with Gasteiger partial charge in [0.05, 0.1) is 5.92 Å². The Kier molecular flexibility index (Phi) is 5.55. The molecule has 2 aliphatic rings. The van der Waals surface area contributed by atoms with Gasteiger partial charge in [-0.15, -0.1) is 0 Å². The van der Waals surface area contributed by atoms with Crippen molar-refractivity contribution in [3.8, 4) is 0 Å². The maximum atomic E-state index is 14.2. The van der Waals surface area contributed by atoms with E-state index in [0.717, 1.165) is 5.56 Å². The summed E-state index contributed by atoms with van der Waals surface area (Å²) in [6.07, 6.45) is -0.255. The average molecular weight is 366 g/mol. The minimum atomic E-state index is -2.87. The lowest BCUT2D eigenvalue weighted by molar-refractivity contribution is -0.142. The first-order chi connectivity index (χ1) is 12.4. The number of nitrogens with one attached hydrogen (secondary N) is 1. The molecule has 0 spiro atoms. The van der Waals surface area contributed by atoms with Crippen molar-refractivity contribution >= 4 is 11.9 Å². The lowest BCUT2D eigenvalue weighted by Gasteiger charge is -2.26. The molecule has 5 nitrogen and oxygen atoms in total. The number of benzene rings is 1. The van der Waals surface area contributed by atoms with Crippen LogP contribution in [0.1, 0.15) is 30.7 Å². The SMILES string of the molecule is O=C(O)[C@@H]1CN(C(=O)CC2CCNCCC2(F)F)C[C@H]1c1ccccc1. The van der Waals surface area contributed by atoms with Crippen LogP contribution in [0.25, 0.3) is 0 Å². The number of carbonyl (C=O) groups excluding carboxylic acids is 1. The molecule has 2 N–H and O–H groups in total. The predicted molar refractivity (Wildman–Crippen MR) is 92.0 cm³/mol. The molecule has 0 bridgehead atoms. The number of carboxylic acids is 1. The highest BCUT2D eigenvalue weighted by Gasteiger charge is 2.44. The average Bonchev–Trinajstić information content (AvgIpc) is 2.99. The van der Waals surface area contributed by atoms with Crippen molar-refractivity contribution in [2.24, 2.45) is 11.8 Å². The van der Waals surface area contributed by atoms with Crippen LogP contribution < -0.4 is 5.32 Å². The van der Waals surface area contributed by atoms with E-state index in [1.54, 1.807) is 0 Å². The summed E-state index contributed by atoms with van der Waals surface area (Å²) in [7, 11) is 0. The van der Waals surface area contributed by atoms with E-state index in [1.165, 1.54) is 4.90 Å². The Balaban J connectivity index is 1.71. The van der Waals surface area contributed by atoms with E-state index < -0.39 is 23.7 Å². The van der Waals surface area contributed by atoms with Crippen molar-refractivity contribution in [3.63, 3.8) is 0 Å². The molecule has 26 heavy (non-hydrogen) atoms. The fourth-order valence-corrected chi connectivity index (χ4v) is 3.96. The van der Waals surface area contributed by atoms with E-state index in [4.69, 9.17) is 0 Å². The Hall–Kier alpha value is -2.02. The third-order valence-corrected chi connectivity index (χ3v) is 5.54. The fourth-order valence-electron chi connectivity index (χ4n) is 3.96. The van der Waals surface area contributed by atoms with Crippen LogP contribution in [0, 0.1) is 11.8 Å². The minimum Gasteiger partial charge on any atom is -0.481 e. The van der Waals surface area contributed by atoms with Crippen LogP contribution in [0.4, 0.5) is 8.78 Å². The normalized spacial score (nSPS) is 28.5. The van der Waals surface area contributed by atoms with Gasteiger partial charge < -0.3 is 15.3 Å². The van der Waals surface area contributed by atoms with Gasteiger partial charge in [0.25, 0.3) is 5.92 Å². The van der Waals surface area contributed by atoms with Gasteiger partial charge in [-0.3, -0.25) is 9.59 Å². The van der Waals surface area contributed by atoms with Crippen LogP contribution in [-0.2, 0) is 9.59 Å². The first-order valence-electron chi connectivity index (χ1n) is 9.02. The third kappa shape index (κ3) is 4.03. The van der Waals surface area contributed by atoms with Crippen molar-refractivity contribution in [2.45, 2.75) is 31.1 Å². The molecule has 2 fully saturated rings. The summed E-state index contributed by atoms with van der Waals surface area (Å²) in [4.78, 5) is 25.7. The number of nitrogens with zero attached hydrogens (tertiary/aromatic N) is 1. The molecule has 0 aromatic heterocycles. The van der Waals surface area contributed by atoms with Crippen molar-refractivity contribution in [1.29, 1.82) is 0 Å². The molecule has 142 valence electrons. The van der Waals surface area contributed by atoms with Crippen molar-refractivity contribution in [2.75, 3.05) is 26.2 Å². The Labute approximate surface area is 151 Å². The Bertz CT molecular complexity index is 653. The van der Waals surface area contributed by atoms with Crippen LogP contribution in [0.2, 0.25) is 0 Å². The lowest BCUT2D eigenvalue weighted by atomic mass is 9.89. The molecule has 1 unspecified atom stereocenters. The predicted octanol–water partition coefficient (Wildman–Crippen LogP) is 2.34. The van der Waals surface area contributed by atoms with E-state index in [-0.39, 0.29) is 50.7 Å². The van der Waals surface area contributed by atoms with Crippen LogP contribution in [-0.4, -0.2) is 54.0 Å². The van der Waals surface area contributed by atoms with Crippen LogP contribution >= 0.6 is 0 Å². The summed E-state index contributed by atoms with van der Waals surface area (Å²) in [6, 6.07) is 9.20. The number of hydrogen-bond donors (Lipinski definition) is 2. The molecule has 2 heterocycles. The van der Waals surface area contributed by atoms with Gasteiger partial charge in [0, 0.05) is 44.3 Å². The zero-order valence-corrected chi connectivity index (χ0v) is 14.5. The zero-order chi connectivity index (χ0) is 18.7. The number of carbonyl (C=O) groups is 2. The number of hydrogen-bond acceptors (Lipinski definition) is 3. The highest BCUT2D eigenvalue weighted by Crippen LogP contribution is 2.37. The van der Waals surface area contributed by atoms with Gasteiger partial charge in [0.1, 0.15) is 0 Å². The first kappa shape index (κ1) is 18.8. The Morgan fingerprint density at radius 1 is 1.19 bits per heavy atom. The smallest absolute Gasteiger partial charge is 0.308 e. The molecule has 2 aliphatic heterocycles. The Morgan fingerprint density at radius 2 is 1.92 bits per heavy atom. The minimum absolute atomic E-state index is 0.0737. The van der Waals surface area contributed by atoms with Crippen molar-refractivity contribution in [1.82, 2.24) is 10.2 Å². The van der Waals surface area contributed by atoms with Gasteiger partial charge in [0.15, 0.2) is 0 Å². The summed E-state index contributed by atoms with van der Waals surface area (Å²) in [5.74, 6) is -6.22. The molecule has 1 aromatic rings. The van der Waals surface area contributed by atoms with Gasteiger partial charge in [-0.1, -0.05) is 30.3 Å². The number of likely N-dealkylation sites (tertiary alicyclic amines) is 1. The highest BCUT2D eigenvalue weighted by molar-refractivity contribution is 5.80. The molecule has 0 saturated carbocycles. The van der Waals surface area contributed by atoms with Crippen molar-refractivity contribution in [3.05, 3.63) is 35.9 Å². The molecular weight excluding hydrogens is 342 g/mol. The van der Waals surface area contributed by atoms with E-state index in [0.29, 0.717) is 6.54 Å². The largest absolute Gasteiger partial charge is 0.481 e. The van der Waals surface area contributed by atoms with E-state index in [2.05, 4.69) is 5.32 Å². The summed E-state index contributed by atoms with van der Waals surface area (Å²) >= 11 is 0. The first-order valence-corrected chi connectivity index (χ1v) is 9.02. The highest BCUT2D eigenvalue weighted by atomic mass is 19.3. The fraction of sp³-hybridized carbons (Fsp3) is 0.579. The molecule has 3 atom stereocenters. The number of alkyl halides is 2. The van der Waals surface area contributed by atoms with Gasteiger partial charge >= 0.3 is 5.97 Å². The summed E-state index contributed by atoms with van der Waals surface area (Å²) < 4.78 is 28.4. The van der Waals surface area contributed by atoms with Gasteiger partial charge in [-0.2, -0.15) is 0 Å². The second kappa shape index (κ2) is 7.70. The molecule has 3 rings (SSSR count). The van der Waals surface area contributed by atoms with Crippen LogP contribution in [0.5, 0.6) is 0 Å². The van der Waals surface area contributed by atoms with Gasteiger partial charge in [-0.25, -0.2) is 8.78 Å². The summed E-state index contributed by atoms with van der Waals surface area (Å²) in [6.45, 7) is 1.05. The molecule has 0 aliphatic carbocycles. The van der Waals surface area contributed by atoms with E-state index in [1.807, 2.05) is 30.3 Å². The molecule has 2 saturated heterocycles. The van der Waals surface area contributed by atoms with Gasteiger partial charge in [-0.05, 0) is 18.5 Å². The summed E-state index contributed by atoms with van der Waals surface area (Å²) in [5.41, 5.74) is 0.860. The maximum absolute atomic E-state index is 14.2. The third-order valence-electron chi connectivity index (χ3n) is 5.54. The lowest BCUT2D eigenvalue weighted by Crippen LogP contribution is -2.36. The van der Waals surface area contributed by atoms with E-state index >= 15 is 0 Å². The van der Waals surface area contributed by atoms with Crippen LogP contribution in [0.15, 0.2) is 30.3 Å². The molecule has 1 aromatic carbocycles. The molecule has 0 radical (unpaired) electrons. The molecule has 1 amide bonds. The maximum Gasteiger partial charge on any atom is 0.308 e. The zero-order valence-electron chi connectivity index (χ0n) is 14.5. The standard InChI is InChI=1S/C19H24F2N2O3/c20-19(21)7-9-22-8-6-14(19)10-17(24)23-11-15(16(12-23)18(25)26)13-4-2-1-3-5-13/h1-5,14-16,22H,6-12H2,(H,25,26)/t14?,15-,16+/m0/s1. The number of halogens is 2. The van der Waals surface area contributed by atoms with Gasteiger partial charge in [0.2, 0.25) is 5.91 Å². The number of amides is 1. The van der Waals surface area contributed by atoms with E-state index in [9.17, 15) is 23.5 Å². The monoisotopic (exact) mass is 366 g/mol. The Morgan fingerprint density at radius 3 is 2.62 bits per heavy atom. The number of rotatable bonds is 4. The van der Waals surface area contributed by atoms with Crippen molar-refractivity contribution < 1.29 is 23.5 Å². The second-order valence-electron chi connectivity index (χ2n) is 7.21.